The van der Waals surface area contributed by atoms with E-state index in [9.17, 15) is 28.8 Å². The normalized spacial score (nSPS) is 12.3. The number of aromatic nitrogens is 1. The van der Waals surface area contributed by atoms with Gasteiger partial charge < -0.3 is 50.8 Å². The molecule has 1 aromatic rings. The summed E-state index contributed by atoms with van der Waals surface area (Å²) in [5.74, 6) is -0.651. The molecule has 2 atom stereocenters. The number of rotatable bonds is 33. The topological polar surface area (TPSA) is 183 Å². The minimum Gasteiger partial charge on any atom is -0.367 e. The number of aromatic amines is 1. The van der Waals surface area contributed by atoms with Gasteiger partial charge in [-0.05, 0) is 101 Å². The summed E-state index contributed by atoms with van der Waals surface area (Å²) in [6, 6.07) is 0.369. The Morgan fingerprint density at radius 1 is 0.600 bits per heavy atom. The van der Waals surface area contributed by atoms with Crippen LogP contribution in [-0.2, 0) is 28.8 Å². The summed E-state index contributed by atoms with van der Waals surface area (Å²) in [6.45, 7) is 2.80. The molecule has 60 heavy (non-hydrogen) atoms. The fourth-order valence-electron chi connectivity index (χ4n) is 6.43. The van der Waals surface area contributed by atoms with Crippen LogP contribution >= 0.6 is 24.4 Å². The van der Waals surface area contributed by atoms with Gasteiger partial charge in [0.1, 0.15) is 28.6 Å². The molecule has 5 N–H and O–H groups in total. The van der Waals surface area contributed by atoms with Crippen molar-refractivity contribution in [1.29, 1.82) is 0 Å². The molecule has 340 valence electrons. The van der Waals surface area contributed by atoms with E-state index in [1.165, 1.54) is 0 Å². The molecule has 0 saturated carbocycles. The van der Waals surface area contributed by atoms with Crippen molar-refractivity contribution in [3.05, 3.63) is 28.5 Å². The highest BCUT2D eigenvalue weighted by Crippen LogP contribution is 2.11. The van der Waals surface area contributed by atoms with Crippen LogP contribution in [0, 0.1) is 4.51 Å². The minimum absolute atomic E-state index is 0.157. The van der Waals surface area contributed by atoms with Crippen LogP contribution in [-0.4, -0.2) is 190 Å². The molecular weight excluding hydrogens is 805 g/mol. The number of nitrogens with zero attached hydrogens (tertiary/aromatic N) is 5. The summed E-state index contributed by atoms with van der Waals surface area (Å²) < 4.78 is 0.599. The summed E-state index contributed by atoms with van der Waals surface area (Å²) >= 11 is 11.5. The van der Waals surface area contributed by atoms with Crippen LogP contribution in [0.2, 0.25) is 0 Å². The first-order valence-corrected chi connectivity index (χ1v) is 21.9. The van der Waals surface area contributed by atoms with Crippen molar-refractivity contribution in [3.8, 4) is 0 Å². The lowest BCUT2D eigenvalue weighted by Crippen LogP contribution is -2.49. The Morgan fingerprint density at radius 2 is 1.02 bits per heavy atom. The number of thiocarbonyl (C=S) groups is 1. The lowest BCUT2D eigenvalue weighted by molar-refractivity contribution is -0.129. The SMILES string of the molecule is CN(C)CC(=O)CCCCC[C@H](NC(=O)CN(C)C)C(=O)NCCCN(CCCNC(=O)[C@H](CCCCCC(=O)CN(C)C)NC(=O)CN(C)C)C(=S)c1c[nH]ccc1=S. The molecule has 0 aliphatic heterocycles. The molecule has 18 heteroatoms. The Balaban J connectivity index is 2.86. The maximum absolute atomic E-state index is 13.4. The van der Waals surface area contributed by atoms with Crippen LogP contribution in [0.4, 0.5) is 0 Å². The molecule has 0 aliphatic carbocycles. The van der Waals surface area contributed by atoms with Gasteiger partial charge in [-0.3, -0.25) is 28.8 Å². The van der Waals surface area contributed by atoms with Crippen LogP contribution in [0.5, 0.6) is 0 Å². The predicted octanol–water partition coefficient (Wildman–Crippen LogP) is 1.99. The molecule has 0 fully saturated rings. The van der Waals surface area contributed by atoms with Crippen molar-refractivity contribution in [2.75, 3.05) is 109 Å². The van der Waals surface area contributed by atoms with E-state index in [1.54, 1.807) is 56.5 Å². The zero-order valence-corrected chi connectivity index (χ0v) is 39.2. The average Bonchev–Trinajstić information content (AvgIpc) is 3.14. The van der Waals surface area contributed by atoms with Crippen molar-refractivity contribution < 1.29 is 28.8 Å². The van der Waals surface area contributed by atoms with Gasteiger partial charge in [0.2, 0.25) is 23.6 Å². The van der Waals surface area contributed by atoms with Crippen molar-refractivity contribution in [3.63, 3.8) is 0 Å². The lowest BCUT2D eigenvalue weighted by atomic mass is 10.0. The first kappa shape index (κ1) is 54.3. The Hall–Kier alpha value is -3.68. The first-order chi connectivity index (χ1) is 28.4. The number of ketones is 2. The highest BCUT2D eigenvalue weighted by molar-refractivity contribution is 7.80. The van der Waals surface area contributed by atoms with E-state index in [0.717, 1.165) is 25.7 Å². The van der Waals surface area contributed by atoms with Gasteiger partial charge in [-0.15, -0.1) is 0 Å². The van der Waals surface area contributed by atoms with Crippen LogP contribution < -0.4 is 21.3 Å². The van der Waals surface area contributed by atoms with E-state index in [-0.39, 0.29) is 48.3 Å². The largest absolute Gasteiger partial charge is 0.367 e. The molecule has 4 amide bonds. The van der Waals surface area contributed by atoms with Gasteiger partial charge in [-0.1, -0.05) is 50.1 Å². The number of carbonyl (C=O) groups is 6. The summed E-state index contributed by atoms with van der Waals surface area (Å²) in [6.07, 6.45) is 10.9. The second-order valence-electron chi connectivity index (χ2n) is 16.5. The highest BCUT2D eigenvalue weighted by Gasteiger charge is 2.23. The standard InChI is InChI=1S/C42H74N10O6S2/c1-48(2)28-32(53)17-11-9-13-19-35(46-38(55)30-50(5)6)40(57)44-22-15-25-52(42(60)34-27-43-24-21-37(34)59)26-16-23-45-41(58)36(47-39(56)31-51(7)8)20-14-10-12-18-33(54)29-49(3)4/h21,24,27,35-36H,9-20,22-23,25-26,28-31H2,1-8H3,(H,43,59)(H,44,57)(H,45,58)(H,46,55)(H,47,56)/t35-,36-/m0/s1. The van der Waals surface area contributed by atoms with Crippen molar-refractivity contribution in [1.82, 2.24) is 50.8 Å². The quantitative estimate of drug-likeness (QED) is 0.0512. The van der Waals surface area contributed by atoms with Gasteiger partial charge in [-0.2, -0.15) is 0 Å². The van der Waals surface area contributed by atoms with Crippen LogP contribution in [0.25, 0.3) is 0 Å². The molecule has 0 spiro atoms. The second-order valence-corrected chi connectivity index (χ2v) is 17.3. The van der Waals surface area contributed by atoms with Crippen LogP contribution in [0.15, 0.2) is 18.5 Å². The number of likely N-dealkylation sites (N-methyl/N-ethyl adjacent to an activating group) is 4. The number of hydrogen-bond acceptors (Lipinski definition) is 12. The first-order valence-electron chi connectivity index (χ1n) is 21.1. The van der Waals surface area contributed by atoms with Crippen molar-refractivity contribution in [2.24, 2.45) is 0 Å². The van der Waals surface area contributed by atoms with Crippen molar-refractivity contribution >= 4 is 64.6 Å². The number of carbonyl (C=O) groups excluding carboxylic acids is 6. The number of hydrogen-bond donors (Lipinski definition) is 5. The van der Waals surface area contributed by atoms with Gasteiger partial charge in [0, 0.05) is 57.0 Å². The smallest absolute Gasteiger partial charge is 0.242 e. The summed E-state index contributed by atoms with van der Waals surface area (Å²) in [4.78, 5) is 89.0. The number of nitrogens with one attached hydrogen (secondary N) is 5. The van der Waals surface area contributed by atoms with Crippen LogP contribution in [0.1, 0.15) is 82.6 Å². The number of unbranched alkanes of at least 4 members (excludes halogenated alkanes) is 4. The Labute approximate surface area is 369 Å². The van der Waals surface area contributed by atoms with Gasteiger partial charge in [0.15, 0.2) is 0 Å². The second kappa shape index (κ2) is 31.2. The van der Waals surface area contributed by atoms with E-state index in [1.807, 2.05) is 42.9 Å². The fourth-order valence-corrected chi connectivity index (χ4v) is 7.07. The minimum atomic E-state index is -0.702. The molecular formula is C42H74N10O6S2. The number of H-pyrrole nitrogens is 1. The molecule has 0 saturated heterocycles. The Kier molecular flexibility index (Phi) is 28.3. The average molecular weight is 879 g/mol. The molecule has 0 aromatic carbocycles. The maximum Gasteiger partial charge on any atom is 0.242 e. The molecule has 16 nitrogen and oxygen atoms in total. The number of amides is 4. The predicted molar refractivity (Wildman–Crippen MR) is 244 cm³/mol. The van der Waals surface area contributed by atoms with E-state index in [4.69, 9.17) is 24.4 Å². The zero-order chi connectivity index (χ0) is 45.0. The van der Waals surface area contributed by atoms with Crippen LogP contribution in [0.3, 0.4) is 0 Å². The van der Waals surface area contributed by atoms with Gasteiger partial charge in [0.05, 0.1) is 30.7 Å². The third kappa shape index (κ3) is 25.8. The van der Waals surface area contributed by atoms with Gasteiger partial charge in [-0.25, -0.2) is 0 Å². The molecule has 0 bridgehead atoms. The lowest BCUT2D eigenvalue weighted by Gasteiger charge is -2.26. The molecule has 0 unspecified atom stereocenters. The van der Waals surface area contributed by atoms with Gasteiger partial charge in [0.25, 0.3) is 0 Å². The monoisotopic (exact) mass is 879 g/mol. The Morgan fingerprint density at radius 3 is 1.40 bits per heavy atom. The maximum atomic E-state index is 13.4. The molecule has 1 rings (SSSR count). The summed E-state index contributed by atoms with van der Waals surface area (Å²) in [5, 5.41) is 11.7. The molecule has 0 aliphatic rings. The van der Waals surface area contributed by atoms with Gasteiger partial charge >= 0.3 is 0 Å². The Bertz CT molecular complexity index is 1470. The molecule has 1 heterocycles. The van der Waals surface area contributed by atoms with E-state index >= 15 is 0 Å². The number of pyridine rings is 1. The third-order valence-electron chi connectivity index (χ3n) is 9.25. The third-order valence-corrected chi connectivity index (χ3v) is 10.1. The van der Waals surface area contributed by atoms with E-state index in [2.05, 4.69) is 26.3 Å². The molecule has 0 radical (unpaired) electrons. The zero-order valence-electron chi connectivity index (χ0n) is 37.5. The van der Waals surface area contributed by atoms with E-state index in [0.29, 0.717) is 106 Å². The fraction of sp³-hybridized carbons (Fsp3) is 0.714. The molecule has 1 aromatic heterocycles. The van der Waals surface area contributed by atoms with Crippen molar-refractivity contribution in [2.45, 2.75) is 89.1 Å². The summed E-state index contributed by atoms with van der Waals surface area (Å²) in [7, 11) is 14.6. The highest BCUT2D eigenvalue weighted by atomic mass is 32.1. The number of Topliss-reactive ketones (excluding diaryl/α,β-unsaturated/α-hetero) is 2. The summed E-state index contributed by atoms with van der Waals surface area (Å²) in [5.41, 5.74) is 0.703. The van der Waals surface area contributed by atoms with E-state index < -0.39 is 12.1 Å².